The predicted octanol–water partition coefficient (Wildman–Crippen LogP) is 18.4. The van der Waals surface area contributed by atoms with Crippen LogP contribution in [0.4, 0.5) is 0 Å². The van der Waals surface area contributed by atoms with E-state index in [0.717, 1.165) is 111 Å². The second kappa shape index (κ2) is 21.3. The van der Waals surface area contributed by atoms with Gasteiger partial charge in [-0.15, -0.1) is 0 Å². The van der Waals surface area contributed by atoms with Crippen LogP contribution in [0.2, 0.25) is 0 Å². The van der Waals surface area contributed by atoms with Crippen molar-refractivity contribution in [3.8, 4) is 96.3 Å². The molecule has 0 spiro atoms. The molecule has 0 atom stereocenters. The van der Waals surface area contributed by atoms with E-state index in [4.69, 9.17) is 34.9 Å². The van der Waals surface area contributed by atoms with E-state index in [2.05, 4.69) is 242 Å². The maximum Gasteiger partial charge on any atom is 0.164 e. The van der Waals surface area contributed by atoms with Gasteiger partial charge in [0.05, 0.1) is 38.8 Å². The maximum atomic E-state index is 5.45. The van der Waals surface area contributed by atoms with Crippen molar-refractivity contribution in [3.05, 3.63) is 278 Å². The molecule has 0 bridgehead atoms. The quantitative estimate of drug-likeness (QED) is 0.131. The van der Waals surface area contributed by atoms with Gasteiger partial charge in [0.25, 0.3) is 0 Å². The summed E-state index contributed by atoms with van der Waals surface area (Å²) >= 11 is 0. The predicted molar refractivity (Wildman–Crippen MR) is 367 cm³/mol. The van der Waals surface area contributed by atoms with E-state index in [9.17, 15) is 0 Å². The number of hydrogen-bond donors (Lipinski definition) is 0. The van der Waals surface area contributed by atoms with Gasteiger partial charge < -0.3 is 13.7 Å². The number of aromatic nitrogens is 12. The lowest BCUT2D eigenvalue weighted by Gasteiger charge is -2.22. The number of rotatable bonds is 10. The van der Waals surface area contributed by atoms with Crippen LogP contribution in [-0.4, -0.2) is 58.6 Å². The monoisotopic (exact) mass is 1170 g/mol. The third-order valence-corrected chi connectivity index (χ3v) is 17.3. The van der Waals surface area contributed by atoms with Crippen molar-refractivity contribution in [1.82, 2.24) is 58.6 Å². The molecule has 0 aliphatic carbocycles. The molecule has 0 fully saturated rings. The molecule has 0 N–H and O–H groups in total. The summed E-state index contributed by atoms with van der Waals surface area (Å²) in [5, 5.41) is 6.72. The Balaban J connectivity index is 1.02. The van der Waals surface area contributed by atoms with Crippen LogP contribution in [0.1, 0.15) is 23.3 Å². The number of aryl methyl sites for hydroxylation is 4. The SMILES string of the molecule is Cc1nc(C)nc(-c2ccc3c(c2)c2cc(-c4nc(C)nc(C)n4)ccc2n3-c2c(-c3cccc(-n4c5ccccc5c5ccccc54)c3)cc(-c3nc(-c4ccccc4)nc(-c4ccccc4)n3)cc2-c2cccc(-n3c4ccccc4c4ccccc43)c2)n1. The zero-order valence-corrected chi connectivity index (χ0v) is 50.1. The molecule has 12 heteroatoms. The molecule has 91 heavy (non-hydrogen) atoms. The summed E-state index contributed by atoms with van der Waals surface area (Å²) in [6.07, 6.45) is 0. The van der Waals surface area contributed by atoms with Crippen LogP contribution in [-0.2, 0) is 0 Å². The average molecular weight is 1170 g/mol. The average Bonchev–Trinajstić information content (AvgIpc) is 1.65. The van der Waals surface area contributed by atoms with E-state index in [1.54, 1.807) is 0 Å². The minimum absolute atomic E-state index is 0.529. The molecule has 17 rings (SSSR count). The molecular weight excluding hydrogens is 1120 g/mol. The summed E-state index contributed by atoms with van der Waals surface area (Å²) in [6, 6.07) is 90.6. The number of benzene rings is 11. The summed E-state index contributed by atoms with van der Waals surface area (Å²) in [7, 11) is 0. The van der Waals surface area contributed by atoms with Crippen LogP contribution < -0.4 is 0 Å². The summed E-state index contributed by atoms with van der Waals surface area (Å²) in [5.74, 6) is 5.47. The maximum absolute atomic E-state index is 5.45. The first-order chi connectivity index (χ1) is 44.7. The summed E-state index contributed by atoms with van der Waals surface area (Å²) < 4.78 is 7.21. The highest BCUT2D eigenvalue weighted by atomic mass is 15.1. The van der Waals surface area contributed by atoms with Crippen molar-refractivity contribution in [2.45, 2.75) is 27.7 Å². The lowest BCUT2D eigenvalue weighted by Crippen LogP contribution is -2.05. The van der Waals surface area contributed by atoms with Crippen molar-refractivity contribution in [2.75, 3.05) is 0 Å². The van der Waals surface area contributed by atoms with Crippen molar-refractivity contribution < 1.29 is 0 Å². The van der Waals surface area contributed by atoms with Crippen LogP contribution in [0, 0.1) is 27.7 Å². The Bertz CT molecular complexity index is 5290. The Morgan fingerprint density at radius 1 is 0.209 bits per heavy atom. The van der Waals surface area contributed by atoms with E-state index >= 15 is 0 Å². The third kappa shape index (κ3) is 9.10. The lowest BCUT2D eigenvalue weighted by atomic mass is 9.92. The highest BCUT2D eigenvalue weighted by Crippen LogP contribution is 2.47. The molecule has 0 aliphatic heterocycles. The zero-order valence-electron chi connectivity index (χ0n) is 50.1. The minimum atomic E-state index is 0.529. The molecule has 6 aromatic heterocycles. The highest BCUT2D eigenvalue weighted by Gasteiger charge is 2.26. The van der Waals surface area contributed by atoms with Crippen LogP contribution in [0.15, 0.2) is 255 Å². The molecule has 0 unspecified atom stereocenters. The highest BCUT2D eigenvalue weighted by molar-refractivity contribution is 6.14. The van der Waals surface area contributed by atoms with Gasteiger partial charge in [-0.25, -0.2) is 44.9 Å². The largest absolute Gasteiger partial charge is 0.309 e. The van der Waals surface area contributed by atoms with Gasteiger partial charge in [-0.2, -0.15) is 0 Å². The normalized spacial score (nSPS) is 11.7. The molecule has 12 nitrogen and oxygen atoms in total. The molecule has 0 saturated carbocycles. The Morgan fingerprint density at radius 3 is 0.912 bits per heavy atom. The fourth-order valence-electron chi connectivity index (χ4n) is 13.4. The fourth-order valence-corrected chi connectivity index (χ4v) is 13.4. The summed E-state index contributed by atoms with van der Waals surface area (Å²) in [4.78, 5) is 44.8. The molecule has 0 saturated heterocycles. The van der Waals surface area contributed by atoms with Crippen molar-refractivity contribution in [1.29, 1.82) is 0 Å². The van der Waals surface area contributed by atoms with Gasteiger partial charge in [-0.3, -0.25) is 0 Å². The van der Waals surface area contributed by atoms with Crippen molar-refractivity contribution in [2.24, 2.45) is 0 Å². The van der Waals surface area contributed by atoms with E-state index in [1.165, 1.54) is 21.5 Å². The Morgan fingerprint density at radius 2 is 0.527 bits per heavy atom. The molecule has 17 aromatic rings. The first-order valence-electron chi connectivity index (χ1n) is 30.4. The minimum Gasteiger partial charge on any atom is -0.309 e. The topological polar surface area (TPSA) is 131 Å². The molecular formula is C79H54N12. The van der Waals surface area contributed by atoms with Gasteiger partial charge in [0.2, 0.25) is 0 Å². The fraction of sp³-hybridized carbons (Fsp3) is 0.0506. The van der Waals surface area contributed by atoms with Gasteiger partial charge in [0, 0.05) is 82.6 Å². The smallest absolute Gasteiger partial charge is 0.164 e. The lowest BCUT2D eigenvalue weighted by molar-refractivity contribution is 0.928. The van der Waals surface area contributed by atoms with Gasteiger partial charge in [-0.1, -0.05) is 158 Å². The van der Waals surface area contributed by atoms with E-state index in [-0.39, 0.29) is 0 Å². The second-order valence-electron chi connectivity index (χ2n) is 23.1. The van der Waals surface area contributed by atoms with Gasteiger partial charge in [-0.05, 0) is 136 Å². The van der Waals surface area contributed by atoms with Crippen LogP contribution in [0.3, 0.4) is 0 Å². The Kier molecular flexibility index (Phi) is 12.4. The Labute approximate surface area is 523 Å². The van der Waals surface area contributed by atoms with Crippen molar-refractivity contribution in [3.63, 3.8) is 0 Å². The number of fused-ring (bicyclic) bond motifs is 9. The molecule has 0 amide bonds. The van der Waals surface area contributed by atoms with Gasteiger partial charge in [0.1, 0.15) is 23.3 Å². The first kappa shape index (κ1) is 53.1. The first-order valence-corrected chi connectivity index (χ1v) is 30.4. The molecule has 0 aliphatic rings. The standard InChI is InChI=1S/C79H54N12/c1-47-80-48(2)83-77(82-47)55-37-39-72-66(43-55)67-44-56(78-84-49(3)81-50(4)85-78)38-40-73(67)91(72)74-64(53-25-19-27-58(41-53)89-68-33-15-11-29-60(68)61-30-12-16-34-69(61)89)45-57(79-87-75(51-21-7-5-8-22-51)86-76(88-79)52-23-9-6-10-24-52)46-65(74)54-26-20-28-59(42-54)90-70-35-17-13-31-62(70)63-32-14-18-36-71(63)90/h5-46H,1-4H3. The summed E-state index contributed by atoms with van der Waals surface area (Å²) in [5.41, 5.74) is 17.5. The molecule has 11 aromatic carbocycles. The zero-order chi connectivity index (χ0) is 60.8. The number of nitrogens with zero attached hydrogens (tertiary/aromatic N) is 12. The van der Waals surface area contributed by atoms with Crippen molar-refractivity contribution >= 4 is 65.4 Å². The van der Waals surface area contributed by atoms with E-state index < -0.39 is 0 Å². The third-order valence-electron chi connectivity index (χ3n) is 17.3. The Hall–Kier alpha value is -12.2. The second-order valence-corrected chi connectivity index (χ2v) is 23.1. The molecule has 430 valence electrons. The van der Waals surface area contributed by atoms with Crippen LogP contribution in [0.5, 0.6) is 0 Å². The van der Waals surface area contributed by atoms with Crippen LogP contribution in [0.25, 0.3) is 162 Å². The van der Waals surface area contributed by atoms with Gasteiger partial charge >= 0.3 is 0 Å². The molecule has 0 radical (unpaired) electrons. The van der Waals surface area contributed by atoms with Crippen LogP contribution >= 0.6 is 0 Å². The van der Waals surface area contributed by atoms with E-state index in [1.807, 2.05) is 64.1 Å². The number of para-hydroxylation sites is 4. The van der Waals surface area contributed by atoms with E-state index in [0.29, 0.717) is 52.4 Å². The van der Waals surface area contributed by atoms with Gasteiger partial charge in [0.15, 0.2) is 29.1 Å². The summed E-state index contributed by atoms with van der Waals surface area (Å²) in [6.45, 7) is 7.65. The number of hydrogen-bond acceptors (Lipinski definition) is 9. The molecule has 6 heterocycles.